The molecule has 0 spiro atoms. The maximum Gasteiger partial charge on any atom is 0.313 e. The summed E-state index contributed by atoms with van der Waals surface area (Å²) in [7, 11) is 0. The van der Waals surface area contributed by atoms with Gasteiger partial charge in [-0.15, -0.1) is 0 Å². The smallest absolute Gasteiger partial charge is 0.313 e. The quantitative estimate of drug-likeness (QED) is 0.496. The molecule has 0 aromatic heterocycles. The van der Waals surface area contributed by atoms with E-state index >= 15 is 0 Å². The Kier molecular flexibility index (Phi) is 5.13. The van der Waals surface area contributed by atoms with Crippen LogP contribution in [-0.2, 0) is 9.59 Å². The predicted octanol–water partition coefficient (Wildman–Crippen LogP) is 1.44. The molecule has 0 heterocycles. The molecular weight excluding hydrogens is 269 g/mol. The summed E-state index contributed by atoms with van der Waals surface area (Å²) < 4.78 is 13.1. The van der Waals surface area contributed by atoms with Gasteiger partial charge in [-0.25, -0.2) is 0 Å². The van der Waals surface area contributed by atoms with Crippen LogP contribution >= 0.6 is 0 Å². The van der Waals surface area contributed by atoms with E-state index in [2.05, 4.69) is 10.6 Å². The van der Waals surface area contributed by atoms with Gasteiger partial charge in [-0.3, -0.25) is 19.7 Å². The molecule has 0 atom stereocenters. The van der Waals surface area contributed by atoms with Gasteiger partial charge >= 0.3 is 17.5 Å². The number of halogens is 1. The lowest BCUT2D eigenvalue weighted by Gasteiger charge is -2.08. The average molecular weight is 283 g/mol. The topological polar surface area (TPSA) is 101 Å². The molecule has 0 aliphatic rings. The zero-order chi connectivity index (χ0) is 15.3. The van der Waals surface area contributed by atoms with Crippen LogP contribution < -0.4 is 10.6 Å². The van der Waals surface area contributed by atoms with Crippen molar-refractivity contribution in [2.45, 2.75) is 13.8 Å². The third-order valence-corrected chi connectivity index (χ3v) is 2.28. The van der Waals surface area contributed by atoms with Crippen LogP contribution in [0.3, 0.4) is 0 Å². The van der Waals surface area contributed by atoms with Crippen molar-refractivity contribution in [2.24, 2.45) is 5.92 Å². The molecule has 1 rings (SSSR count). The molecule has 8 heteroatoms. The molecule has 0 saturated carbocycles. The Morgan fingerprint density at radius 1 is 1.35 bits per heavy atom. The molecule has 0 fully saturated rings. The summed E-state index contributed by atoms with van der Waals surface area (Å²) in [5, 5.41) is 15.1. The van der Waals surface area contributed by atoms with Crippen LogP contribution in [0.25, 0.3) is 0 Å². The van der Waals surface area contributed by atoms with E-state index in [0.717, 1.165) is 18.2 Å². The van der Waals surface area contributed by atoms with Crippen LogP contribution in [0, 0.1) is 21.8 Å². The first-order valence-corrected chi connectivity index (χ1v) is 5.84. The first-order valence-electron chi connectivity index (χ1n) is 5.84. The van der Waals surface area contributed by atoms with E-state index in [-0.39, 0.29) is 11.6 Å². The lowest BCUT2D eigenvalue weighted by Crippen LogP contribution is -2.37. The summed E-state index contributed by atoms with van der Waals surface area (Å²) in [5.41, 5.74) is -0.798. The van der Waals surface area contributed by atoms with Crippen molar-refractivity contribution >= 4 is 23.2 Å². The fraction of sp³-hybridized carbons (Fsp3) is 0.333. The minimum Gasteiger partial charge on any atom is -0.348 e. The lowest BCUT2D eigenvalue weighted by molar-refractivity contribution is -0.387. The number of nitrogens with one attached hydrogen (secondary N) is 2. The van der Waals surface area contributed by atoms with Gasteiger partial charge < -0.3 is 10.6 Å². The monoisotopic (exact) mass is 283 g/mol. The number of nitro groups is 1. The van der Waals surface area contributed by atoms with Crippen LogP contribution in [0.2, 0.25) is 0 Å². The molecule has 1 aromatic rings. The van der Waals surface area contributed by atoms with Gasteiger partial charge in [-0.05, 0) is 18.1 Å². The summed E-state index contributed by atoms with van der Waals surface area (Å²) in [5.74, 6) is -2.66. The lowest BCUT2D eigenvalue weighted by atomic mass is 10.2. The van der Waals surface area contributed by atoms with Gasteiger partial charge in [-0.1, -0.05) is 13.8 Å². The van der Waals surface area contributed by atoms with E-state index < -0.39 is 28.2 Å². The molecule has 7 nitrogen and oxygen atoms in total. The number of rotatable bonds is 4. The highest BCUT2D eigenvalue weighted by atomic mass is 19.1. The SMILES string of the molecule is CC(C)CNC(=O)C(=O)Nc1ccc(F)c([N+](=O)[O-])c1. The second-order valence-corrected chi connectivity index (χ2v) is 4.48. The molecule has 2 amide bonds. The van der Waals surface area contributed by atoms with E-state index in [0.29, 0.717) is 6.54 Å². The maximum atomic E-state index is 13.1. The van der Waals surface area contributed by atoms with Crippen LogP contribution in [0.15, 0.2) is 18.2 Å². The number of nitro benzene ring substituents is 1. The van der Waals surface area contributed by atoms with E-state index in [1.165, 1.54) is 0 Å². The number of benzene rings is 1. The number of amides is 2. The zero-order valence-electron chi connectivity index (χ0n) is 11.0. The first kappa shape index (κ1) is 15.5. The Balaban J connectivity index is 2.73. The molecule has 0 unspecified atom stereocenters. The molecular formula is C12H14FN3O4. The first-order chi connectivity index (χ1) is 9.31. The van der Waals surface area contributed by atoms with E-state index in [1.807, 2.05) is 13.8 Å². The van der Waals surface area contributed by atoms with Crippen molar-refractivity contribution < 1.29 is 18.9 Å². The van der Waals surface area contributed by atoms with Crippen molar-refractivity contribution in [3.05, 3.63) is 34.1 Å². The Hall–Kier alpha value is -2.51. The summed E-state index contributed by atoms with van der Waals surface area (Å²) in [6.45, 7) is 4.05. The Morgan fingerprint density at radius 2 is 2.00 bits per heavy atom. The van der Waals surface area contributed by atoms with Crippen molar-refractivity contribution in [1.29, 1.82) is 0 Å². The van der Waals surface area contributed by atoms with Gasteiger partial charge in [-0.2, -0.15) is 4.39 Å². The zero-order valence-corrected chi connectivity index (χ0v) is 11.0. The van der Waals surface area contributed by atoms with Crippen LogP contribution in [-0.4, -0.2) is 23.3 Å². The third-order valence-electron chi connectivity index (χ3n) is 2.28. The Morgan fingerprint density at radius 3 is 2.55 bits per heavy atom. The molecule has 20 heavy (non-hydrogen) atoms. The predicted molar refractivity (Wildman–Crippen MR) is 69.5 cm³/mol. The summed E-state index contributed by atoms with van der Waals surface area (Å²) in [4.78, 5) is 32.5. The Bertz CT molecular complexity index is 546. The number of hydrogen-bond acceptors (Lipinski definition) is 4. The summed E-state index contributed by atoms with van der Waals surface area (Å²) in [6.07, 6.45) is 0. The highest BCUT2D eigenvalue weighted by molar-refractivity contribution is 6.39. The maximum absolute atomic E-state index is 13.1. The van der Waals surface area contributed by atoms with Crippen LogP contribution in [0.5, 0.6) is 0 Å². The second kappa shape index (κ2) is 6.60. The highest BCUT2D eigenvalue weighted by Crippen LogP contribution is 2.21. The van der Waals surface area contributed by atoms with Crippen molar-refractivity contribution in [2.75, 3.05) is 11.9 Å². The minimum atomic E-state index is -1.02. The Labute approximate surface area is 114 Å². The van der Waals surface area contributed by atoms with Crippen LogP contribution in [0.1, 0.15) is 13.8 Å². The van der Waals surface area contributed by atoms with E-state index in [9.17, 15) is 24.1 Å². The molecule has 0 saturated heterocycles. The van der Waals surface area contributed by atoms with Gasteiger partial charge in [0.2, 0.25) is 5.82 Å². The van der Waals surface area contributed by atoms with Gasteiger partial charge in [0.15, 0.2) is 0 Å². The van der Waals surface area contributed by atoms with Crippen molar-refractivity contribution in [3.63, 3.8) is 0 Å². The molecule has 0 aliphatic heterocycles. The van der Waals surface area contributed by atoms with Gasteiger partial charge in [0.05, 0.1) is 4.92 Å². The molecule has 1 aromatic carbocycles. The van der Waals surface area contributed by atoms with Crippen molar-refractivity contribution in [3.8, 4) is 0 Å². The summed E-state index contributed by atoms with van der Waals surface area (Å²) >= 11 is 0. The number of hydrogen-bond donors (Lipinski definition) is 2. The second-order valence-electron chi connectivity index (χ2n) is 4.48. The summed E-state index contributed by atoms with van der Waals surface area (Å²) in [6, 6.07) is 2.83. The number of anilines is 1. The van der Waals surface area contributed by atoms with Crippen molar-refractivity contribution in [1.82, 2.24) is 5.32 Å². The molecule has 0 aliphatic carbocycles. The van der Waals surface area contributed by atoms with Gasteiger partial charge in [0.1, 0.15) is 0 Å². The minimum absolute atomic E-state index is 0.0252. The van der Waals surface area contributed by atoms with Gasteiger partial charge in [0.25, 0.3) is 0 Å². The normalized spacial score (nSPS) is 10.2. The fourth-order valence-corrected chi connectivity index (χ4v) is 1.30. The van der Waals surface area contributed by atoms with E-state index in [1.54, 1.807) is 0 Å². The largest absolute Gasteiger partial charge is 0.348 e. The average Bonchev–Trinajstić information content (AvgIpc) is 2.37. The van der Waals surface area contributed by atoms with Crippen LogP contribution in [0.4, 0.5) is 15.8 Å². The molecule has 0 bridgehead atoms. The number of carbonyl (C=O) groups is 2. The molecule has 2 N–H and O–H groups in total. The number of carbonyl (C=O) groups excluding carboxylic acids is 2. The van der Waals surface area contributed by atoms with Gasteiger partial charge in [0, 0.05) is 18.3 Å². The third kappa shape index (κ3) is 4.30. The van der Waals surface area contributed by atoms with E-state index in [4.69, 9.17) is 0 Å². The molecule has 0 radical (unpaired) electrons. The molecule has 108 valence electrons. The highest BCUT2D eigenvalue weighted by Gasteiger charge is 2.18. The number of nitrogens with zero attached hydrogens (tertiary/aromatic N) is 1. The fourth-order valence-electron chi connectivity index (χ4n) is 1.30. The standard InChI is InChI=1S/C12H14FN3O4/c1-7(2)6-14-11(17)12(18)15-8-3-4-9(13)10(5-8)16(19)20/h3-5,7H,6H2,1-2H3,(H,14,17)(H,15,18).